The third-order valence-corrected chi connectivity index (χ3v) is 4.59. The first-order valence-corrected chi connectivity index (χ1v) is 7.99. The molecule has 0 saturated heterocycles. The summed E-state index contributed by atoms with van der Waals surface area (Å²) in [4.78, 5) is 14.0. The van der Waals surface area contributed by atoms with Crippen molar-refractivity contribution in [2.45, 2.75) is 26.1 Å². The molecule has 0 fully saturated rings. The fourth-order valence-electron chi connectivity index (χ4n) is 3.04. The van der Waals surface area contributed by atoms with Crippen LogP contribution in [0.1, 0.15) is 35.8 Å². The Labute approximate surface area is 141 Å². The molecule has 4 nitrogen and oxygen atoms in total. The van der Waals surface area contributed by atoms with Crippen molar-refractivity contribution in [3.63, 3.8) is 0 Å². The number of aryl methyl sites for hydroxylation is 2. The summed E-state index contributed by atoms with van der Waals surface area (Å²) in [6.07, 6.45) is 3.58. The summed E-state index contributed by atoms with van der Waals surface area (Å²) in [7, 11) is 1.77. The fraction of sp³-hybridized carbons (Fsp3) is 0.278. The normalized spacial score (nSPS) is 18.5. The minimum absolute atomic E-state index is 0.0217. The molecule has 0 spiro atoms. The van der Waals surface area contributed by atoms with Gasteiger partial charge in [-0.2, -0.15) is 0 Å². The van der Waals surface area contributed by atoms with Crippen molar-refractivity contribution in [3.05, 3.63) is 81.0 Å². The van der Waals surface area contributed by atoms with Crippen molar-refractivity contribution in [2.75, 3.05) is 0 Å². The smallest absolute Gasteiger partial charge is 0.253 e. The van der Waals surface area contributed by atoms with E-state index in [0.717, 1.165) is 11.1 Å². The predicted octanol–water partition coefficient (Wildman–Crippen LogP) is 3.40. The first-order chi connectivity index (χ1) is 11.0. The first kappa shape index (κ1) is 15.7. The molecule has 1 aromatic carbocycles. The van der Waals surface area contributed by atoms with E-state index in [1.165, 1.54) is 5.56 Å². The molecule has 1 aliphatic heterocycles. The molecule has 1 aromatic heterocycles. The number of halogens is 1. The van der Waals surface area contributed by atoms with E-state index in [2.05, 4.69) is 29.3 Å². The van der Waals surface area contributed by atoms with Crippen LogP contribution in [-0.2, 0) is 7.05 Å². The van der Waals surface area contributed by atoms with Crippen LogP contribution in [0.25, 0.3) is 0 Å². The molecule has 0 aliphatic carbocycles. The molecule has 1 N–H and O–H groups in total. The quantitative estimate of drug-likeness (QED) is 0.877. The van der Waals surface area contributed by atoms with Gasteiger partial charge >= 0.3 is 0 Å². The van der Waals surface area contributed by atoms with Crippen LogP contribution < -0.4 is 10.9 Å². The molecule has 0 radical (unpaired) electrons. The second-order valence-electron chi connectivity index (χ2n) is 5.90. The molecule has 2 unspecified atom stereocenters. The Bertz CT molecular complexity index is 771. The van der Waals surface area contributed by atoms with Gasteiger partial charge in [-0.3, -0.25) is 4.79 Å². The van der Waals surface area contributed by atoms with Gasteiger partial charge in [-0.15, -0.1) is 0 Å². The van der Waals surface area contributed by atoms with Crippen molar-refractivity contribution in [3.8, 4) is 0 Å². The van der Waals surface area contributed by atoms with Gasteiger partial charge in [-0.1, -0.05) is 41.9 Å². The monoisotopic (exact) mass is 329 g/mol. The van der Waals surface area contributed by atoms with E-state index in [4.69, 9.17) is 11.6 Å². The number of pyridine rings is 1. The molecule has 2 atom stereocenters. The van der Waals surface area contributed by atoms with Crippen molar-refractivity contribution < 1.29 is 0 Å². The molecule has 2 heterocycles. The van der Waals surface area contributed by atoms with E-state index >= 15 is 0 Å². The van der Waals surface area contributed by atoms with Crippen LogP contribution in [0.3, 0.4) is 0 Å². The van der Waals surface area contributed by atoms with Crippen LogP contribution in [-0.4, -0.2) is 9.47 Å². The maximum Gasteiger partial charge on any atom is 0.253 e. The summed E-state index contributed by atoms with van der Waals surface area (Å²) in [5.41, 5.74) is 2.95. The van der Waals surface area contributed by atoms with E-state index in [0.29, 0.717) is 5.16 Å². The van der Waals surface area contributed by atoms with Crippen molar-refractivity contribution >= 4 is 11.6 Å². The second kappa shape index (κ2) is 6.13. The highest BCUT2D eigenvalue weighted by Crippen LogP contribution is 2.37. The van der Waals surface area contributed by atoms with Gasteiger partial charge in [0.25, 0.3) is 5.56 Å². The van der Waals surface area contributed by atoms with Gasteiger partial charge in [0.15, 0.2) is 0 Å². The van der Waals surface area contributed by atoms with Gasteiger partial charge in [0, 0.05) is 30.6 Å². The zero-order chi connectivity index (χ0) is 16.6. The third-order valence-electron chi connectivity index (χ3n) is 4.28. The summed E-state index contributed by atoms with van der Waals surface area (Å²) in [5, 5.41) is 3.98. The lowest BCUT2D eigenvalue weighted by Gasteiger charge is -2.33. The Morgan fingerprint density at radius 3 is 2.61 bits per heavy atom. The molecule has 1 aliphatic rings. The number of hydrogen-bond donors (Lipinski definition) is 1. The van der Waals surface area contributed by atoms with E-state index < -0.39 is 0 Å². The zero-order valence-corrected chi connectivity index (χ0v) is 14.2. The third kappa shape index (κ3) is 2.86. The first-order valence-electron chi connectivity index (χ1n) is 7.61. The molecule has 5 heteroatoms. The number of nitrogens with zero attached hydrogens (tertiary/aromatic N) is 2. The Balaban J connectivity index is 1.98. The lowest BCUT2D eigenvalue weighted by Crippen LogP contribution is -2.32. The molecule has 120 valence electrons. The van der Waals surface area contributed by atoms with Crippen LogP contribution in [0.5, 0.6) is 0 Å². The van der Waals surface area contributed by atoms with Crippen molar-refractivity contribution in [2.24, 2.45) is 7.05 Å². The highest BCUT2D eigenvalue weighted by Gasteiger charge is 2.31. The van der Waals surface area contributed by atoms with Gasteiger partial charge in [0.2, 0.25) is 0 Å². The van der Waals surface area contributed by atoms with Gasteiger partial charge in [-0.25, -0.2) is 0 Å². The number of rotatable bonds is 3. The topological polar surface area (TPSA) is 37.3 Å². The molecular weight excluding hydrogens is 310 g/mol. The number of nitrogens with one attached hydrogen (secondary N) is 1. The summed E-state index contributed by atoms with van der Waals surface area (Å²) in [6, 6.07) is 12.3. The van der Waals surface area contributed by atoms with E-state index in [1.807, 2.05) is 43.6 Å². The molecule has 3 rings (SSSR count). The lowest BCUT2D eigenvalue weighted by molar-refractivity contribution is 0.215. The molecule has 23 heavy (non-hydrogen) atoms. The predicted molar refractivity (Wildman–Crippen MR) is 92.9 cm³/mol. The van der Waals surface area contributed by atoms with Crippen LogP contribution in [0.2, 0.25) is 0 Å². The fourth-order valence-corrected chi connectivity index (χ4v) is 3.35. The van der Waals surface area contributed by atoms with Crippen molar-refractivity contribution in [1.82, 2.24) is 14.8 Å². The van der Waals surface area contributed by atoms with Crippen LogP contribution in [0.4, 0.5) is 0 Å². The summed E-state index contributed by atoms with van der Waals surface area (Å²) >= 11 is 6.43. The summed E-state index contributed by atoms with van der Waals surface area (Å²) in [5.74, 6) is 0. The van der Waals surface area contributed by atoms with Crippen LogP contribution in [0.15, 0.2) is 58.7 Å². The van der Waals surface area contributed by atoms with Gasteiger partial charge in [-0.05, 0) is 25.5 Å². The summed E-state index contributed by atoms with van der Waals surface area (Å²) < 4.78 is 1.62. The minimum Gasteiger partial charge on any atom is -0.365 e. The molecular formula is C18H20ClN3O. The Hall–Kier alpha value is -2.20. The highest BCUT2D eigenvalue weighted by atomic mass is 35.5. The minimum atomic E-state index is -0.0943. The highest BCUT2D eigenvalue weighted by molar-refractivity contribution is 6.29. The van der Waals surface area contributed by atoms with Crippen LogP contribution in [0, 0.1) is 6.92 Å². The number of benzene rings is 1. The summed E-state index contributed by atoms with van der Waals surface area (Å²) in [6.45, 7) is 3.96. The van der Waals surface area contributed by atoms with Gasteiger partial charge < -0.3 is 14.8 Å². The molecule has 0 saturated carbocycles. The molecule has 2 aromatic rings. The average molecular weight is 330 g/mol. The number of aromatic nitrogens is 1. The van der Waals surface area contributed by atoms with E-state index in [1.54, 1.807) is 11.6 Å². The maximum absolute atomic E-state index is 11.9. The maximum atomic E-state index is 11.9. The Morgan fingerprint density at radius 1 is 1.26 bits per heavy atom. The Kier molecular flexibility index (Phi) is 4.18. The second-order valence-corrected chi connectivity index (χ2v) is 6.29. The van der Waals surface area contributed by atoms with Gasteiger partial charge in [0.1, 0.15) is 11.3 Å². The van der Waals surface area contributed by atoms with Crippen LogP contribution >= 0.6 is 11.6 Å². The molecule has 0 bridgehead atoms. The van der Waals surface area contributed by atoms with Crippen molar-refractivity contribution in [1.29, 1.82) is 0 Å². The van der Waals surface area contributed by atoms with Gasteiger partial charge in [0.05, 0.1) is 6.04 Å². The standard InChI is InChI=1S/C18H20ClN3O/c1-12-9-15(11-21(3)18(12)23)17-20-10-16(19)22(17)13(2)14-7-5-4-6-8-14/h4-11,13,17,20H,1-3H3. The SMILES string of the molecule is Cc1cc(C2NC=C(Cl)N2C(C)c2ccccc2)cn(C)c1=O. The zero-order valence-electron chi connectivity index (χ0n) is 13.5. The molecule has 0 amide bonds. The number of hydrogen-bond acceptors (Lipinski definition) is 3. The largest absolute Gasteiger partial charge is 0.365 e. The Morgan fingerprint density at radius 2 is 1.96 bits per heavy atom. The van der Waals surface area contributed by atoms with E-state index in [-0.39, 0.29) is 17.8 Å². The lowest BCUT2D eigenvalue weighted by atomic mass is 10.1. The van der Waals surface area contributed by atoms with E-state index in [9.17, 15) is 4.79 Å². The average Bonchev–Trinajstić information content (AvgIpc) is 2.94.